The lowest BCUT2D eigenvalue weighted by Gasteiger charge is -2.09. The third-order valence-corrected chi connectivity index (χ3v) is 3.19. The van der Waals surface area contributed by atoms with Gasteiger partial charge in [0.1, 0.15) is 11.5 Å². The van der Waals surface area contributed by atoms with Gasteiger partial charge in [0.2, 0.25) is 5.43 Å². The fourth-order valence-corrected chi connectivity index (χ4v) is 2.29. The van der Waals surface area contributed by atoms with Crippen molar-refractivity contribution in [3.8, 4) is 23.0 Å². The summed E-state index contributed by atoms with van der Waals surface area (Å²) in [6.07, 6.45) is 0. The number of hydrogen-bond acceptors (Lipinski definition) is 5. The number of rotatable bonds is 1. The van der Waals surface area contributed by atoms with Crippen molar-refractivity contribution in [2.75, 3.05) is 7.11 Å². The monoisotopic (exact) mass is 273 g/mol. The number of ether oxygens (including phenoxy) is 1. The molecule has 0 spiro atoms. The molecule has 6 nitrogen and oxygen atoms in total. The van der Waals surface area contributed by atoms with Gasteiger partial charge in [-0.3, -0.25) is 4.79 Å². The summed E-state index contributed by atoms with van der Waals surface area (Å²) >= 11 is 0. The van der Waals surface area contributed by atoms with Crippen LogP contribution in [-0.4, -0.2) is 27.4 Å². The highest BCUT2D eigenvalue weighted by atomic mass is 16.5. The van der Waals surface area contributed by atoms with E-state index in [1.54, 1.807) is 6.07 Å². The zero-order valence-electron chi connectivity index (χ0n) is 10.5. The van der Waals surface area contributed by atoms with Crippen LogP contribution in [0.4, 0.5) is 0 Å². The molecule has 0 radical (unpaired) electrons. The number of H-pyrrole nitrogens is 1. The van der Waals surface area contributed by atoms with Gasteiger partial charge in [-0.05, 0) is 12.1 Å². The molecule has 1 aromatic heterocycles. The molecule has 1 heterocycles. The van der Waals surface area contributed by atoms with Gasteiger partial charge in [0.05, 0.1) is 28.9 Å². The smallest absolute Gasteiger partial charge is 0.204 e. The largest absolute Gasteiger partial charge is 0.508 e. The number of benzene rings is 2. The van der Waals surface area contributed by atoms with Crippen molar-refractivity contribution >= 4 is 21.8 Å². The second-order valence-electron chi connectivity index (χ2n) is 4.38. The lowest BCUT2D eigenvalue weighted by atomic mass is 10.1. The van der Waals surface area contributed by atoms with Crippen LogP contribution in [0.2, 0.25) is 0 Å². The van der Waals surface area contributed by atoms with Crippen LogP contribution >= 0.6 is 0 Å². The summed E-state index contributed by atoms with van der Waals surface area (Å²) in [4.78, 5) is 15.3. The van der Waals surface area contributed by atoms with Gasteiger partial charge >= 0.3 is 0 Å². The van der Waals surface area contributed by atoms with E-state index in [1.165, 1.54) is 19.2 Å². The highest BCUT2D eigenvalue weighted by Gasteiger charge is 2.16. The SMILES string of the molecule is COc1ccc2[nH]c3cc(O)cc(O)c3c(=O)c2c1O. The zero-order valence-corrected chi connectivity index (χ0v) is 10.5. The third-order valence-electron chi connectivity index (χ3n) is 3.19. The Hall–Kier alpha value is -2.89. The summed E-state index contributed by atoms with van der Waals surface area (Å²) in [6, 6.07) is 5.50. The minimum atomic E-state index is -0.539. The molecule has 20 heavy (non-hydrogen) atoms. The molecule has 2 aromatic carbocycles. The number of hydrogen-bond donors (Lipinski definition) is 4. The zero-order chi connectivity index (χ0) is 14.4. The number of fused-ring (bicyclic) bond motifs is 2. The van der Waals surface area contributed by atoms with Gasteiger partial charge < -0.3 is 25.0 Å². The van der Waals surface area contributed by atoms with E-state index >= 15 is 0 Å². The quantitative estimate of drug-likeness (QED) is 0.506. The van der Waals surface area contributed by atoms with Gasteiger partial charge in [-0.2, -0.15) is 0 Å². The molecule has 0 amide bonds. The summed E-state index contributed by atoms with van der Waals surface area (Å²) in [5, 5.41) is 29.4. The van der Waals surface area contributed by atoms with E-state index in [2.05, 4.69) is 4.98 Å². The minimum Gasteiger partial charge on any atom is -0.508 e. The summed E-state index contributed by atoms with van der Waals surface area (Å²) in [6.45, 7) is 0. The Bertz CT molecular complexity index is 898. The first-order valence-corrected chi connectivity index (χ1v) is 5.80. The second kappa shape index (κ2) is 4.06. The third kappa shape index (κ3) is 1.55. The molecule has 0 aliphatic heterocycles. The fraction of sp³-hybridized carbons (Fsp3) is 0.0714. The molecule has 0 fully saturated rings. The average molecular weight is 273 g/mol. The van der Waals surface area contributed by atoms with E-state index in [4.69, 9.17) is 4.74 Å². The van der Waals surface area contributed by atoms with E-state index in [-0.39, 0.29) is 39.3 Å². The van der Waals surface area contributed by atoms with E-state index in [0.29, 0.717) is 5.52 Å². The van der Waals surface area contributed by atoms with Crippen molar-refractivity contribution in [3.05, 3.63) is 34.5 Å². The number of aromatic hydroxyl groups is 3. The van der Waals surface area contributed by atoms with Crippen molar-refractivity contribution in [2.24, 2.45) is 0 Å². The van der Waals surface area contributed by atoms with Crippen molar-refractivity contribution in [2.45, 2.75) is 0 Å². The Morgan fingerprint density at radius 3 is 2.50 bits per heavy atom. The first kappa shape index (κ1) is 12.2. The normalized spacial score (nSPS) is 11.1. The molecule has 6 heteroatoms. The molecular weight excluding hydrogens is 262 g/mol. The van der Waals surface area contributed by atoms with Crippen LogP contribution in [-0.2, 0) is 0 Å². The predicted molar refractivity (Wildman–Crippen MR) is 73.6 cm³/mol. The maximum absolute atomic E-state index is 12.4. The minimum absolute atomic E-state index is 0.00106. The molecule has 0 saturated carbocycles. The molecule has 3 aromatic rings. The van der Waals surface area contributed by atoms with Crippen molar-refractivity contribution in [3.63, 3.8) is 0 Å². The Morgan fingerprint density at radius 2 is 1.80 bits per heavy atom. The standard InChI is InChI=1S/C14H11NO5/c1-20-10-3-2-7-12(13(10)18)14(19)11-8(15-7)4-6(16)5-9(11)17/h2-5,16-18H,1H3,(H,15,19). The van der Waals surface area contributed by atoms with E-state index < -0.39 is 5.43 Å². The van der Waals surface area contributed by atoms with E-state index in [1.807, 2.05) is 0 Å². The second-order valence-corrected chi connectivity index (χ2v) is 4.38. The van der Waals surface area contributed by atoms with Crippen LogP contribution in [0.5, 0.6) is 23.0 Å². The summed E-state index contributed by atoms with van der Waals surface area (Å²) in [7, 11) is 1.38. The number of methoxy groups -OCH3 is 1. The Balaban J connectivity index is 2.59. The van der Waals surface area contributed by atoms with Gasteiger partial charge in [0.15, 0.2) is 11.5 Å². The Kier molecular flexibility index (Phi) is 2.47. The molecule has 4 N–H and O–H groups in total. The van der Waals surface area contributed by atoms with Gasteiger partial charge in [-0.15, -0.1) is 0 Å². The average Bonchev–Trinajstić information content (AvgIpc) is 2.37. The van der Waals surface area contributed by atoms with Crippen molar-refractivity contribution < 1.29 is 20.1 Å². The van der Waals surface area contributed by atoms with Crippen LogP contribution in [0, 0.1) is 0 Å². The molecule has 0 aliphatic carbocycles. The van der Waals surface area contributed by atoms with Gasteiger partial charge in [-0.25, -0.2) is 0 Å². The van der Waals surface area contributed by atoms with Crippen LogP contribution < -0.4 is 10.2 Å². The molecular formula is C14H11NO5. The predicted octanol–water partition coefficient (Wildman–Crippen LogP) is 1.81. The maximum atomic E-state index is 12.4. The van der Waals surface area contributed by atoms with Crippen LogP contribution in [0.3, 0.4) is 0 Å². The Labute approximate surface area is 112 Å². The number of nitrogens with one attached hydrogen (secondary N) is 1. The fourth-order valence-electron chi connectivity index (χ4n) is 2.29. The lowest BCUT2D eigenvalue weighted by Crippen LogP contribution is -2.05. The highest BCUT2D eigenvalue weighted by Crippen LogP contribution is 2.34. The van der Waals surface area contributed by atoms with Crippen molar-refractivity contribution in [1.29, 1.82) is 0 Å². The molecule has 0 aliphatic rings. The van der Waals surface area contributed by atoms with Crippen LogP contribution in [0.25, 0.3) is 21.8 Å². The molecule has 102 valence electrons. The summed E-state index contributed by atoms with van der Waals surface area (Å²) in [5.41, 5.74) is 0.123. The molecule has 0 unspecified atom stereocenters. The molecule has 3 rings (SSSR count). The van der Waals surface area contributed by atoms with Crippen LogP contribution in [0.1, 0.15) is 0 Å². The summed E-state index contributed by atoms with van der Waals surface area (Å²) < 4.78 is 4.96. The van der Waals surface area contributed by atoms with E-state index in [0.717, 1.165) is 6.07 Å². The van der Waals surface area contributed by atoms with E-state index in [9.17, 15) is 20.1 Å². The van der Waals surface area contributed by atoms with Gasteiger partial charge in [0.25, 0.3) is 0 Å². The van der Waals surface area contributed by atoms with Crippen molar-refractivity contribution in [1.82, 2.24) is 4.98 Å². The molecule has 0 atom stereocenters. The number of aromatic nitrogens is 1. The summed E-state index contributed by atoms with van der Waals surface area (Å²) in [5.74, 6) is -0.644. The first-order valence-electron chi connectivity index (χ1n) is 5.80. The van der Waals surface area contributed by atoms with Crippen LogP contribution in [0.15, 0.2) is 29.1 Å². The first-order chi connectivity index (χ1) is 9.52. The van der Waals surface area contributed by atoms with Gasteiger partial charge in [-0.1, -0.05) is 0 Å². The number of phenols is 3. The van der Waals surface area contributed by atoms with Gasteiger partial charge in [0, 0.05) is 12.1 Å². The number of aromatic amines is 1. The highest BCUT2D eigenvalue weighted by molar-refractivity contribution is 5.99. The number of pyridine rings is 1. The Morgan fingerprint density at radius 1 is 1.05 bits per heavy atom. The maximum Gasteiger partial charge on any atom is 0.204 e. The lowest BCUT2D eigenvalue weighted by molar-refractivity contribution is 0.376. The topological polar surface area (TPSA) is 103 Å². The number of phenolic OH excluding ortho intramolecular Hbond substituents is 3. The molecule has 0 bridgehead atoms. The molecule has 0 saturated heterocycles.